The van der Waals surface area contributed by atoms with Gasteiger partial charge in [-0.05, 0) is 79.4 Å². The van der Waals surface area contributed by atoms with Gasteiger partial charge in [0.1, 0.15) is 0 Å². The number of rotatable bonds is 13. The minimum atomic E-state index is 0.818. The third kappa shape index (κ3) is 8.43. The van der Waals surface area contributed by atoms with Crippen molar-refractivity contribution in [3.63, 3.8) is 0 Å². The van der Waals surface area contributed by atoms with Gasteiger partial charge in [0.05, 0.1) is 0 Å². The molecule has 174 valence electrons. The van der Waals surface area contributed by atoms with E-state index in [2.05, 4.69) is 44.2 Å². The number of hydrogen-bond acceptors (Lipinski definition) is 0. The zero-order valence-electron chi connectivity index (χ0n) is 20.8. The SMILES string of the molecule is CCCCCCCCC1CC=C(c2ccc(C3CCC(CCCCC)CC3)cc2)CC1. The quantitative estimate of drug-likeness (QED) is 0.277. The minimum Gasteiger partial charge on any atom is -0.0804 e. The van der Waals surface area contributed by atoms with Crippen LogP contribution < -0.4 is 0 Å². The third-order valence-corrected chi connectivity index (χ3v) is 8.30. The van der Waals surface area contributed by atoms with E-state index in [9.17, 15) is 0 Å². The van der Waals surface area contributed by atoms with Gasteiger partial charge >= 0.3 is 0 Å². The summed E-state index contributed by atoms with van der Waals surface area (Å²) in [4.78, 5) is 0. The van der Waals surface area contributed by atoms with Gasteiger partial charge < -0.3 is 0 Å². The van der Waals surface area contributed by atoms with Gasteiger partial charge in [-0.15, -0.1) is 0 Å². The van der Waals surface area contributed by atoms with E-state index in [0.29, 0.717) is 0 Å². The average molecular weight is 423 g/mol. The summed E-state index contributed by atoms with van der Waals surface area (Å²) in [5.74, 6) is 2.78. The summed E-state index contributed by atoms with van der Waals surface area (Å²) in [6.07, 6.45) is 28.1. The maximum absolute atomic E-state index is 2.57. The molecule has 1 fully saturated rings. The third-order valence-electron chi connectivity index (χ3n) is 8.30. The van der Waals surface area contributed by atoms with Gasteiger partial charge in [-0.3, -0.25) is 0 Å². The number of allylic oxidation sites excluding steroid dienone is 2. The second-order valence-corrected chi connectivity index (χ2v) is 10.8. The molecule has 0 nitrogen and oxygen atoms in total. The fourth-order valence-corrected chi connectivity index (χ4v) is 6.06. The van der Waals surface area contributed by atoms with Gasteiger partial charge in [0, 0.05) is 0 Å². The van der Waals surface area contributed by atoms with Crippen LogP contribution in [0, 0.1) is 11.8 Å². The van der Waals surface area contributed by atoms with Crippen LogP contribution in [0.1, 0.15) is 146 Å². The van der Waals surface area contributed by atoms with Crippen molar-refractivity contribution in [2.75, 3.05) is 0 Å². The average Bonchev–Trinajstić information content (AvgIpc) is 2.82. The molecule has 2 aliphatic rings. The van der Waals surface area contributed by atoms with E-state index in [0.717, 1.165) is 17.8 Å². The highest BCUT2D eigenvalue weighted by atomic mass is 14.3. The molecule has 1 unspecified atom stereocenters. The fraction of sp³-hybridized carbons (Fsp3) is 0.742. The predicted octanol–water partition coefficient (Wildman–Crippen LogP) is 10.5. The van der Waals surface area contributed by atoms with Crippen molar-refractivity contribution in [1.82, 2.24) is 0 Å². The van der Waals surface area contributed by atoms with E-state index in [1.165, 1.54) is 121 Å². The van der Waals surface area contributed by atoms with E-state index in [1.54, 1.807) is 11.1 Å². The van der Waals surface area contributed by atoms with Crippen molar-refractivity contribution in [2.24, 2.45) is 11.8 Å². The highest BCUT2D eigenvalue weighted by Gasteiger charge is 2.22. The second-order valence-electron chi connectivity index (χ2n) is 10.8. The molecule has 0 saturated heterocycles. The molecule has 0 heteroatoms. The first kappa shape index (κ1) is 24.6. The molecule has 1 atom stereocenters. The van der Waals surface area contributed by atoms with Crippen LogP contribution in [0.15, 0.2) is 30.3 Å². The predicted molar refractivity (Wildman–Crippen MR) is 139 cm³/mol. The molecule has 31 heavy (non-hydrogen) atoms. The van der Waals surface area contributed by atoms with Crippen molar-refractivity contribution in [3.05, 3.63) is 41.5 Å². The molecule has 0 bridgehead atoms. The normalized spacial score (nSPS) is 24.2. The smallest absolute Gasteiger partial charge is 0.0162 e. The summed E-state index contributed by atoms with van der Waals surface area (Å²) >= 11 is 0. The van der Waals surface area contributed by atoms with Gasteiger partial charge in [-0.25, -0.2) is 0 Å². The van der Waals surface area contributed by atoms with Gasteiger partial charge in [0.2, 0.25) is 0 Å². The highest BCUT2D eigenvalue weighted by Crippen LogP contribution is 2.39. The van der Waals surface area contributed by atoms with Crippen LogP contribution in [0.2, 0.25) is 0 Å². The first-order chi connectivity index (χ1) is 15.3. The summed E-state index contributed by atoms with van der Waals surface area (Å²) < 4.78 is 0. The largest absolute Gasteiger partial charge is 0.0804 e. The van der Waals surface area contributed by atoms with Crippen molar-refractivity contribution in [3.8, 4) is 0 Å². The molecule has 1 aromatic rings. The number of benzene rings is 1. The first-order valence-corrected chi connectivity index (χ1v) is 14.1. The van der Waals surface area contributed by atoms with E-state index in [-0.39, 0.29) is 0 Å². The van der Waals surface area contributed by atoms with Gasteiger partial charge in [0.25, 0.3) is 0 Å². The summed E-state index contributed by atoms with van der Waals surface area (Å²) in [5, 5.41) is 0. The molecule has 1 aromatic carbocycles. The Balaban J connectivity index is 1.38. The lowest BCUT2D eigenvalue weighted by atomic mass is 9.76. The zero-order chi connectivity index (χ0) is 21.7. The monoisotopic (exact) mass is 422 g/mol. The Hall–Kier alpha value is -1.04. The van der Waals surface area contributed by atoms with E-state index < -0.39 is 0 Å². The van der Waals surface area contributed by atoms with Crippen LogP contribution in [0.5, 0.6) is 0 Å². The molecule has 0 N–H and O–H groups in total. The van der Waals surface area contributed by atoms with Crippen LogP contribution >= 0.6 is 0 Å². The summed E-state index contributed by atoms with van der Waals surface area (Å²) in [6.45, 7) is 4.62. The van der Waals surface area contributed by atoms with Gasteiger partial charge in [-0.1, -0.05) is 115 Å². The van der Waals surface area contributed by atoms with Crippen molar-refractivity contribution >= 4 is 5.57 Å². The van der Waals surface area contributed by atoms with Crippen LogP contribution in [-0.2, 0) is 0 Å². The maximum Gasteiger partial charge on any atom is -0.0162 e. The summed E-state index contributed by atoms with van der Waals surface area (Å²) in [6, 6.07) is 9.78. The Morgan fingerprint density at radius 3 is 1.94 bits per heavy atom. The zero-order valence-corrected chi connectivity index (χ0v) is 20.8. The van der Waals surface area contributed by atoms with Crippen molar-refractivity contribution in [1.29, 1.82) is 0 Å². The fourth-order valence-electron chi connectivity index (χ4n) is 6.06. The summed E-state index contributed by atoms with van der Waals surface area (Å²) in [7, 11) is 0. The van der Waals surface area contributed by atoms with Crippen molar-refractivity contribution in [2.45, 2.75) is 135 Å². The van der Waals surface area contributed by atoms with E-state index in [4.69, 9.17) is 0 Å². The van der Waals surface area contributed by atoms with Crippen molar-refractivity contribution < 1.29 is 0 Å². The topological polar surface area (TPSA) is 0 Å². The molecule has 2 aliphatic carbocycles. The Morgan fingerprint density at radius 2 is 1.26 bits per heavy atom. The maximum atomic E-state index is 2.57. The van der Waals surface area contributed by atoms with Gasteiger partial charge in [-0.2, -0.15) is 0 Å². The Bertz CT molecular complexity index is 614. The lowest BCUT2D eigenvalue weighted by Gasteiger charge is -2.29. The number of unbranched alkanes of at least 4 members (excludes halogenated alkanes) is 7. The molecule has 0 spiro atoms. The van der Waals surface area contributed by atoms with Gasteiger partial charge in [0.15, 0.2) is 0 Å². The lowest BCUT2D eigenvalue weighted by molar-refractivity contribution is 0.303. The van der Waals surface area contributed by atoms with Crippen LogP contribution in [-0.4, -0.2) is 0 Å². The molecule has 0 aliphatic heterocycles. The number of hydrogen-bond donors (Lipinski definition) is 0. The standard InChI is InChI=1S/C31H50/c1-3-5-7-8-9-11-13-27-16-20-29(21-17-27)31-24-22-30(23-25-31)28-18-14-26(15-19-28)12-10-6-4-2/h20,22-28H,3-19,21H2,1-2H3. The molecule has 0 amide bonds. The molecule has 3 rings (SSSR count). The van der Waals surface area contributed by atoms with Crippen LogP contribution in [0.3, 0.4) is 0 Å². The van der Waals surface area contributed by atoms with Crippen LogP contribution in [0.4, 0.5) is 0 Å². The molecule has 0 radical (unpaired) electrons. The van der Waals surface area contributed by atoms with E-state index >= 15 is 0 Å². The molecular formula is C31H50. The minimum absolute atomic E-state index is 0.818. The van der Waals surface area contributed by atoms with E-state index in [1.807, 2.05) is 0 Å². The molecule has 0 heterocycles. The second kappa shape index (κ2) is 14.2. The Morgan fingerprint density at radius 1 is 0.645 bits per heavy atom. The molecule has 0 aromatic heterocycles. The lowest BCUT2D eigenvalue weighted by Crippen LogP contribution is -2.13. The first-order valence-electron chi connectivity index (χ1n) is 14.1. The molecule has 1 saturated carbocycles. The highest BCUT2D eigenvalue weighted by molar-refractivity contribution is 5.66. The van der Waals surface area contributed by atoms with Crippen LogP contribution in [0.25, 0.3) is 5.57 Å². The summed E-state index contributed by atoms with van der Waals surface area (Å²) in [5.41, 5.74) is 4.72. The Kier molecular flexibility index (Phi) is 11.3. The molecular weight excluding hydrogens is 372 g/mol. The Labute approximate surface area is 194 Å².